The van der Waals surface area contributed by atoms with E-state index in [-0.39, 0.29) is 34.4 Å². The van der Waals surface area contributed by atoms with E-state index in [2.05, 4.69) is 25.2 Å². The first-order chi connectivity index (χ1) is 16.0. The number of hydrogen-bond donors (Lipinski definition) is 2. The number of hydrogen-bond acceptors (Lipinski definition) is 7. The summed E-state index contributed by atoms with van der Waals surface area (Å²) in [6.07, 6.45) is -2.28. The third-order valence-corrected chi connectivity index (χ3v) is 7.12. The monoisotopic (exact) mass is 536 g/mol. The second kappa shape index (κ2) is 9.30. The Balaban J connectivity index is 1.75. The van der Waals surface area contributed by atoms with Crippen LogP contribution in [0.15, 0.2) is 41.7 Å². The van der Waals surface area contributed by atoms with Crippen LogP contribution in [0.25, 0.3) is 11.5 Å². The van der Waals surface area contributed by atoms with Gasteiger partial charge < -0.3 is 14.6 Å². The molecular weight excluding hydrogens is 520 g/mol. The highest BCUT2D eigenvalue weighted by molar-refractivity contribution is 7.92. The maximum absolute atomic E-state index is 13.2. The van der Waals surface area contributed by atoms with Gasteiger partial charge in [0.25, 0.3) is 10.0 Å². The Bertz CT molecular complexity index is 1320. The number of alkyl halides is 3. The lowest BCUT2D eigenvalue weighted by molar-refractivity contribution is -0.137. The Morgan fingerprint density at radius 3 is 2.71 bits per heavy atom. The molecule has 1 aliphatic heterocycles. The standard InChI is InChI=1S/C19H17Cl2F3N6O3S/c1-33-16-8-25-7-15(16)30-9-27-28-18(30)17-14(4-10(20)6-26-17)29-34(31,32)11-2-3-13(21)12(5-11)19(22,23)24/h2-6,9,15-16,25,29H,7-8H2,1H3/t15-,16-/m0/s1. The predicted molar refractivity (Wildman–Crippen MR) is 118 cm³/mol. The van der Waals surface area contributed by atoms with Gasteiger partial charge in [-0.3, -0.25) is 4.72 Å². The highest BCUT2D eigenvalue weighted by atomic mass is 35.5. The quantitative estimate of drug-likeness (QED) is 0.494. The van der Waals surface area contributed by atoms with E-state index in [1.807, 2.05) is 0 Å². The van der Waals surface area contributed by atoms with Crippen LogP contribution in [0.3, 0.4) is 0 Å². The number of halogens is 5. The smallest absolute Gasteiger partial charge is 0.378 e. The molecule has 3 heterocycles. The Labute approximate surface area is 202 Å². The Morgan fingerprint density at radius 1 is 1.24 bits per heavy atom. The number of anilines is 1. The molecule has 0 spiro atoms. The lowest BCUT2D eigenvalue weighted by Gasteiger charge is -2.20. The summed E-state index contributed by atoms with van der Waals surface area (Å²) in [6.45, 7) is 1.13. The van der Waals surface area contributed by atoms with Crippen molar-refractivity contribution < 1.29 is 26.3 Å². The van der Waals surface area contributed by atoms with Crippen molar-refractivity contribution in [1.82, 2.24) is 25.1 Å². The van der Waals surface area contributed by atoms with Crippen molar-refractivity contribution >= 4 is 38.9 Å². The van der Waals surface area contributed by atoms with Gasteiger partial charge in [-0.25, -0.2) is 13.4 Å². The van der Waals surface area contributed by atoms with Gasteiger partial charge in [-0.15, -0.1) is 10.2 Å². The Kier molecular flexibility index (Phi) is 6.75. The number of benzene rings is 1. The number of rotatable bonds is 6. The number of nitrogens with one attached hydrogen (secondary N) is 2. The van der Waals surface area contributed by atoms with Crippen molar-refractivity contribution in [3.8, 4) is 11.5 Å². The molecule has 4 rings (SSSR count). The third-order valence-electron chi connectivity index (χ3n) is 5.23. The zero-order chi connectivity index (χ0) is 24.7. The molecule has 34 heavy (non-hydrogen) atoms. The van der Waals surface area contributed by atoms with E-state index in [1.165, 1.54) is 18.6 Å². The number of sulfonamides is 1. The van der Waals surface area contributed by atoms with Crippen molar-refractivity contribution in [2.75, 3.05) is 24.9 Å². The normalized spacial score (nSPS) is 18.9. The van der Waals surface area contributed by atoms with E-state index in [1.54, 1.807) is 11.7 Å². The average molecular weight is 537 g/mol. The molecule has 0 unspecified atom stereocenters. The highest BCUT2D eigenvalue weighted by Gasteiger charge is 2.35. The molecule has 3 aromatic rings. The maximum atomic E-state index is 13.2. The van der Waals surface area contributed by atoms with E-state index in [0.29, 0.717) is 19.2 Å². The van der Waals surface area contributed by atoms with Crippen LogP contribution in [0.5, 0.6) is 0 Å². The number of pyridine rings is 1. The van der Waals surface area contributed by atoms with Crippen LogP contribution in [0, 0.1) is 0 Å². The van der Waals surface area contributed by atoms with Crippen molar-refractivity contribution in [3.63, 3.8) is 0 Å². The van der Waals surface area contributed by atoms with Crippen LogP contribution in [-0.2, 0) is 20.9 Å². The van der Waals surface area contributed by atoms with Gasteiger partial charge in [0, 0.05) is 26.4 Å². The number of methoxy groups -OCH3 is 1. The van der Waals surface area contributed by atoms with Gasteiger partial charge in [-0.05, 0) is 24.3 Å². The van der Waals surface area contributed by atoms with Crippen LogP contribution < -0.4 is 10.0 Å². The zero-order valence-corrected chi connectivity index (χ0v) is 19.7. The topological polar surface area (TPSA) is 111 Å². The predicted octanol–water partition coefficient (Wildman–Crippen LogP) is 3.63. The molecule has 0 aliphatic carbocycles. The molecule has 0 bridgehead atoms. The summed E-state index contributed by atoms with van der Waals surface area (Å²) >= 11 is 11.6. The number of aromatic nitrogens is 4. The SMILES string of the molecule is CO[C@H]1CNC[C@@H]1n1cnnc1-c1ncc(Cl)cc1NS(=O)(=O)c1ccc(Cl)c(C(F)(F)F)c1. The molecule has 0 radical (unpaired) electrons. The molecule has 182 valence electrons. The second-order valence-corrected chi connectivity index (χ2v) is 9.88. The Morgan fingerprint density at radius 2 is 2.00 bits per heavy atom. The first-order valence-corrected chi connectivity index (χ1v) is 11.9. The van der Waals surface area contributed by atoms with Crippen molar-refractivity contribution in [1.29, 1.82) is 0 Å². The lowest BCUT2D eigenvalue weighted by atomic mass is 10.2. The van der Waals surface area contributed by atoms with E-state index in [9.17, 15) is 21.6 Å². The molecule has 9 nitrogen and oxygen atoms in total. The van der Waals surface area contributed by atoms with Crippen molar-refractivity contribution in [2.24, 2.45) is 0 Å². The molecule has 1 saturated heterocycles. The molecule has 0 amide bonds. The molecule has 2 atom stereocenters. The highest BCUT2D eigenvalue weighted by Crippen LogP contribution is 2.37. The van der Waals surface area contributed by atoms with Crippen molar-refractivity contribution in [2.45, 2.75) is 23.2 Å². The summed E-state index contributed by atoms with van der Waals surface area (Å²) in [5.41, 5.74) is -1.29. The molecule has 2 N–H and O–H groups in total. The molecule has 1 aromatic carbocycles. The van der Waals surface area contributed by atoms with Gasteiger partial charge >= 0.3 is 6.18 Å². The Hall–Kier alpha value is -2.45. The summed E-state index contributed by atoms with van der Waals surface area (Å²) in [7, 11) is -2.93. The number of ether oxygens (including phenoxy) is 1. The maximum Gasteiger partial charge on any atom is 0.417 e. The summed E-state index contributed by atoms with van der Waals surface area (Å²) < 4.78 is 75.1. The summed E-state index contributed by atoms with van der Waals surface area (Å²) in [6, 6.07) is 3.36. The number of nitrogens with zero attached hydrogens (tertiary/aromatic N) is 4. The summed E-state index contributed by atoms with van der Waals surface area (Å²) in [5.74, 6) is 0.220. The van der Waals surface area contributed by atoms with Crippen LogP contribution >= 0.6 is 23.2 Å². The largest absolute Gasteiger partial charge is 0.417 e. The molecule has 0 saturated carbocycles. The minimum Gasteiger partial charge on any atom is -0.378 e. The molecular formula is C19H17Cl2F3N6O3S. The van der Waals surface area contributed by atoms with E-state index >= 15 is 0 Å². The van der Waals surface area contributed by atoms with Crippen LogP contribution in [0.1, 0.15) is 11.6 Å². The van der Waals surface area contributed by atoms with Crippen LogP contribution in [0.2, 0.25) is 10.0 Å². The van der Waals surface area contributed by atoms with Gasteiger partial charge in [0.2, 0.25) is 0 Å². The fourth-order valence-electron chi connectivity index (χ4n) is 3.60. The minimum absolute atomic E-state index is 0.0808. The lowest BCUT2D eigenvalue weighted by Crippen LogP contribution is -2.25. The second-order valence-electron chi connectivity index (χ2n) is 7.36. The van der Waals surface area contributed by atoms with Crippen LogP contribution in [0.4, 0.5) is 18.9 Å². The van der Waals surface area contributed by atoms with Crippen LogP contribution in [-0.4, -0.2) is 54.5 Å². The van der Waals surface area contributed by atoms with Gasteiger partial charge in [-0.1, -0.05) is 23.2 Å². The van der Waals surface area contributed by atoms with E-state index < -0.39 is 31.7 Å². The fraction of sp³-hybridized carbons (Fsp3) is 0.316. The van der Waals surface area contributed by atoms with E-state index in [0.717, 1.165) is 12.1 Å². The van der Waals surface area contributed by atoms with Gasteiger partial charge in [-0.2, -0.15) is 13.2 Å². The summed E-state index contributed by atoms with van der Waals surface area (Å²) in [5, 5.41) is 10.7. The molecule has 15 heteroatoms. The average Bonchev–Trinajstić information content (AvgIpc) is 3.41. The minimum atomic E-state index is -4.84. The zero-order valence-electron chi connectivity index (χ0n) is 17.3. The molecule has 1 aliphatic rings. The van der Waals surface area contributed by atoms with E-state index in [4.69, 9.17) is 27.9 Å². The van der Waals surface area contributed by atoms with Gasteiger partial charge in [0.05, 0.1) is 38.3 Å². The van der Waals surface area contributed by atoms with Gasteiger partial charge in [0.1, 0.15) is 12.0 Å². The van der Waals surface area contributed by atoms with Crippen molar-refractivity contribution in [3.05, 3.63) is 52.4 Å². The third kappa shape index (κ3) is 4.84. The molecule has 1 fully saturated rings. The fourth-order valence-corrected chi connectivity index (χ4v) is 5.07. The van der Waals surface area contributed by atoms with Gasteiger partial charge in [0.15, 0.2) is 5.82 Å². The molecule has 2 aromatic heterocycles. The first-order valence-electron chi connectivity index (χ1n) is 9.70. The first kappa shape index (κ1) is 24.7. The summed E-state index contributed by atoms with van der Waals surface area (Å²) in [4.78, 5) is 3.57.